The molecule has 8 heteroatoms. The van der Waals surface area contributed by atoms with Crippen LogP contribution >= 0.6 is 11.3 Å². The Kier molecular flexibility index (Phi) is 7.27. The van der Waals surface area contributed by atoms with E-state index in [1.54, 1.807) is 0 Å². The molecule has 0 saturated carbocycles. The van der Waals surface area contributed by atoms with Gasteiger partial charge in [-0.25, -0.2) is 4.79 Å². The molecular weight excluding hydrogens is 376 g/mol. The topological polar surface area (TPSA) is 73.9 Å². The van der Waals surface area contributed by atoms with Crippen LogP contribution in [0.25, 0.3) is 0 Å². The third-order valence-electron chi connectivity index (χ3n) is 4.56. The first kappa shape index (κ1) is 20.2. The Labute approximate surface area is 169 Å². The number of anilines is 1. The van der Waals surface area contributed by atoms with Gasteiger partial charge in [-0.05, 0) is 42.6 Å². The average molecular weight is 403 g/mol. The number of amides is 3. The number of carbonyl (C=O) groups excluding carboxylic acids is 2. The largest absolute Gasteiger partial charge is 0.494 e. The van der Waals surface area contributed by atoms with Crippen molar-refractivity contribution in [2.45, 2.75) is 6.92 Å². The number of nitrogens with zero attached hydrogens (tertiary/aromatic N) is 2. The molecule has 0 atom stereocenters. The van der Waals surface area contributed by atoms with E-state index in [0.717, 1.165) is 36.6 Å². The molecule has 7 nitrogen and oxygen atoms in total. The number of piperazine rings is 1. The molecule has 2 N–H and O–H groups in total. The highest BCUT2D eigenvalue weighted by atomic mass is 32.1. The van der Waals surface area contributed by atoms with Gasteiger partial charge in [-0.15, -0.1) is 0 Å². The maximum absolute atomic E-state index is 12.3. The fraction of sp³-hybridized carbons (Fsp3) is 0.400. The number of nitrogens with one attached hydrogen (secondary N) is 2. The molecule has 1 aromatic carbocycles. The summed E-state index contributed by atoms with van der Waals surface area (Å²) >= 11 is 1.54. The first-order valence-corrected chi connectivity index (χ1v) is 10.4. The van der Waals surface area contributed by atoms with Crippen LogP contribution in [0.4, 0.5) is 10.5 Å². The molecule has 0 bridgehead atoms. The van der Waals surface area contributed by atoms with Gasteiger partial charge < -0.3 is 20.3 Å². The van der Waals surface area contributed by atoms with Crippen molar-refractivity contribution < 1.29 is 14.3 Å². The second kappa shape index (κ2) is 10.1. The summed E-state index contributed by atoms with van der Waals surface area (Å²) in [6.45, 7) is 6.93. The molecule has 3 amide bonds. The third-order valence-corrected chi connectivity index (χ3v) is 5.25. The molecule has 2 heterocycles. The summed E-state index contributed by atoms with van der Waals surface area (Å²) in [4.78, 5) is 28.5. The predicted octanol–water partition coefficient (Wildman–Crippen LogP) is 2.73. The SMILES string of the molecule is CCOc1ccc(NC(=O)NCCN2CCN(C(=O)c3ccsc3)CC2)cc1. The van der Waals surface area contributed by atoms with E-state index >= 15 is 0 Å². The Bertz CT molecular complexity index is 756. The van der Waals surface area contributed by atoms with Crippen LogP contribution in [0.1, 0.15) is 17.3 Å². The van der Waals surface area contributed by atoms with Crippen molar-refractivity contribution in [3.05, 3.63) is 46.7 Å². The Morgan fingerprint density at radius 1 is 1.11 bits per heavy atom. The second-order valence-corrected chi connectivity index (χ2v) is 7.26. The lowest BCUT2D eigenvalue weighted by atomic mass is 10.2. The lowest BCUT2D eigenvalue weighted by Crippen LogP contribution is -2.50. The van der Waals surface area contributed by atoms with Crippen LogP contribution in [-0.2, 0) is 0 Å². The van der Waals surface area contributed by atoms with Crippen molar-refractivity contribution in [1.82, 2.24) is 15.1 Å². The van der Waals surface area contributed by atoms with Crippen LogP contribution in [0.15, 0.2) is 41.1 Å². The standard InChI is InChI=1S/C20H26N4O3S/c1-2-27-18-5-3-17(4-6-18)22-20(26)21-8-9-23-10-12-24(13-11-23)19(25)16-7-14-28-15-16/h3-7,14-15H,2,8-13H2,1H3,(H2,21,22,26). The van der Waals surface area contributed by atoms with Crippen LogP contribution in [0.3, 0.4) is 0 Å². The minimum atomic E-state index is -0.226. The number of hydrogen-bond acceptors (Lipinski definition) is 5. The van der Waals surface area contributed by atoms with Crippen molar-refractivity contribution in [3.8, 4) is 5.75 Å². The van der Waals surface area contributed by atoms with E-state index in [4.69, 9.17) is 4.74 Å². The van der Waals surface area contributed by atoms with Gasteiger partial charge >= 0.3 is 6.03 Å². The summed E-state index contributed by atoms with van der Waals surface area (Å²) in [6.07, 6.45) is 0. The molecule has 0 radical (unpaired) electrons. The van der Waals surface area contributed by atoms with Gasteiger partial charge in [0.05, 0.1) is 12.2 Å². The molecule has 28 heavy (non-hydrogen) atoms. The van der Waals surface area contributed by atoms with Crippen LogP contribution in [0.5, 0.6) is 5.75 Å². The average Bonchev–Trinajstić information content (AvgIpc) is 3.24. The molecule has 0 aliphatic carbocycles. The molecule has 2 aromatic rings. The highest BCUT2D eigenvalue weighted by Crippen LogP contribution is 2.15. The van der Waals surface area contributed by atoms with Gasteiger partial charge in [0.25, 0.3) is 5.91 Å². The van der Waals surface area contributed by atoms with E-state index < -0.39 is 0 Å². The molecule has 1 aromatic heterocycles. The number of hydrogen-bond donors (Lipinski definition) is 2. The maximum atomic E-state index is 12.3. The Morgan fingerprint density at radius 2 is 1.86 bits per heavy atom. The zero-order chi connectivity index (χ0) is 19.8. The normalized spacial score (nSPS) is 14.5. The van der Waals surface area contributed by atoms with Crippen LogP contribution in [0, 0.1) is 0 Å². The van der Waals surface area contributed by atoms with Gasteiger partial charge in [0.1, 0.15) is 5.75 Å². The van der Waals surface area contributed by atoms with Crippen LogP contribution < -0.4 is 15.4 Å². The molecule has 3 rings (SSSR count). The molecule has 1 aliphatic rings. The highest BCUT2D eigenvalue weighted by molar-refractivity contribution is 7.08. The molecular formula is C20H26N4O3S. The monoisotopic (exact) mass is 402 g/mol. The van der Waals surface area contributed by atoms with Gasteiger partial charge in [-0.3, -0.25) is 9.69 Å². The van der Waals surface area contributed by atoms with E-state index in [1.807, 2.05) is 52.9 Å². The van der Waals surface area contributed by atoms with Gasteiger partial charge in [0.15, 0.2) is 0 Å². The van der Waals surface area contributed by atoms with Crippen molar-refractivity contribution in [1.29, 1.82) is 0 Å². The highest BCUT2D eigenvalue weighted by Gasteiger charge is 2.22. The Morgan fingerprint density at radius 3 is 2.50 bits per heavy atom. The van der Waals surface area contributed by atoms with Gasteiger partial charge in [-0.2, -0.15) is 11.3 Å². The zero-order valence-corrected chi connectivity index (χ0v) is 16.8. The smallest absolute Gasteiger partial charge is 0.319 e. The number of thiophene rings is 1. The number of ether oxygens (including phenoxy) is 1. The zero-order valence-electron chi connectivity index (χ0n) is 16.0. The van der Waals surface area contributed by atoms with Gasteiger partial charge in [-0.1, -0.05) is 0 Å². The lowest BCUT2D eigenvalue weighted by molar-refractivity contribution is 0.0640. The molecule has 0 spiro atoms. The van der Waals surface area contributed by atoms with Crippen molar-refractivity contribution in [2.75, 3.05) is 51.2 Å². The van der Waals surface area contributed by atoms with E-state index in [0.29, 0.717) is 26.2 Å². The number of carbonyl (C=O) groups is 2. The van der Waals surface area contributed by atoms with E-state index in [1.165, 1.54) is 11.3 Å². The minimum absolute atomic E-state index is 0.105. The first-order chi connectivity index (χ1) is 13.7. The van der Waals surface area contributed by atoms with Crippen LogP contribution in [-0.4, -0.2) is 67.6 Å². The summed E-state index contributed by atoms with van der Waals surface area (Å²) in [5.41, 5.74) is 1.49. The number of benzene rings is 1. The number of urea groups is 1. The third kappa shape index (κ3) is 5.71. The molecule has 150 valence electrons. The van der Waals surface area contributed by atoms with E-state index in [2.05, 4.69) is 15.5 Å². The van der Waals surface area contributed by atoms with Gasteiger partial charge in [0, 0.05) is 50.3 Å². The Hall–Kier alpha value is -2.58. The molecule has 1 saturated heterocycles. The maximum Gasteiger partial charge on any atom is 0.319 e. The lowest BCUT2D eigenvalue weighted by Gasteiger charge is -2.34. The molecule has 0 unspecified atom stereocenters. The van der Waals surface area contributed by atoms with Crippen LogP contribution in [0.2, 0.25) is 0 Å². The quantitative estimate of drug-likeness (QED) is 0.747. The summed E-state index contributed by atoms with van der Waals surface area (Å²) in [5.74, 6) is 0.888. The second-order valence-electron chi connectivity index (χ2n) is 6.48. The summed E-state index contributed by atoms with van der Waals surface area (Å²) in [5, 5.41) is 9.50. The number of rotatable bonds is 7. The van der Waals surface area contributed by atoms with E-state index in [-0.39, 0.29) is 11.9 Å². The van der Waals surface area contributed by atoms with E-state index in [9.17, 15) is 9.59 Å². The molecule has 1 aliphatic heterocycles. The first-order valence-electron chi connectivity index (χ1n) is 9.47. The fourth-order valence-corrected chi connectivity index (χ4v) is 3.68. The summed E-state index contributed by atoms with van der Waals surface area (Å²) < 4.78 is 5.38. The van der Waals surface area contributed by atoms with Gasteiger partial charge in [0.2, 0.25) is 0 Å². The summed E-state index contributed by atoms with van der Waals surface area (Å²) in [7, 11) is 0. The van der Waals surface area contributed by atoms with Crippen molar-refractivity contribution >= 4 is 29.0 Å². The Balaban J connectivity index is 1.33. The van der Waals surface area contributed by atoms with Crippen molar-refractivity contribution in [3.63, 3.8) is 0 Å². The minimum Gasteiger partial charge on any atom is -0.494 e. The molecule has 1 fully saturated rings. The summed E-state index contributed by atoms with van der Waals surface area (Å²) in [6, 6.07) is 8.93. The predicted molar refractivity (Wildman–Crippen MR) is 111 cm³/mol. The van der Waals surface area contributed by atoms with Crippen molar-refractivity contribution in [2.24, 2.45) is 0 Å². The fourth-order valence-electron chi connectivity index (χ4n) is 3.05.